The lowest BCUT2D eigenvalue weighted by atomic mass is 10.1. The summed E-state index contributed by atoms with van der Waals surface area (Å²) in [6.07, 6.45) is -4.55. The number of hydrogen-bond acceptors (Lipinski definition) is 4. The fourth-order valence-corrected chi connectivity index (χ4v) is 3.92. The maximum Gasteiger partial charge on any atom is 0.416 e. The smallest absolute Gasteiger partial charge is 0.416 e. The quantitative estimate of drug-likeness (QED) is 0.279. The van der Waals surface area contributed by atoms with Gasteiger partial charge >= 0.3 is 6.18 Å². The van der Waals surface area contributed by atoms with Crippen LogP contribution >= 0.6 is 15.9 Å². The molecule has 0 aliphatic carbocycles. The molecule has 1 aromatic heterocycles. The molecule has 0 unspecified atom stereocenters. The lowest BCUT2D eigenvalue weighted by Crippen LogP contribution is -2.05. The summed E-state index contributed by atoms with van der Waals surface area (Å²) in [5.74, 6) is -0.504. The van der Waals surface area contributed by atoms with Gasteiger partial charge in [-0.3, -0.25) is 4.57 Å². The first-order valence-corrected chi connectivity index (χ1v) is 10.3. The number of phenolic OH excluding ortho intramolecular Hbond substituents is 1. The first-order valence-electron chi connectivity index (χ1n) is 9.49. The van der Waals surface area contributed by atoms with Crippen LogP contribution in [-0.2, 0) is 6.18 Å². The average Bonchev–Trinajstić information content (AvgIpc) is 2.98. The Labute approximate surface area is 189 Å². The molecule has 32 heavy (non-hydrogen) atoms. The van der Waals surface area contributed by atoms with Crippen LogP contribution in [0.2, 0.25) is 0 Å². The largest absolute Gasteiger partial charge is 0.505 e. The van der Waals surface area contributed by atoms with E-state index in [1.54, 1.807) is 24.3 Å². The second kappa shape index (κ2) is 7.98. The van der Waals surface area contributed by atoms with Gasteiger partial charge in [0, 0.05) is 11.1 Å². The fourth-order valence-electron chi connectivity index (χ4n) is 3.56. The van der Waals surface area contributed by atoms with E-state index in [4.69, 9.17) is 0 Å². The zero-order valence-corrected chi connectivity index (χ0v) is 18.5. The van der Waals surface area contributed by atoms with E-state index in [-0.39, 0.29) is 33.9 Å². The molecule has 0 atom stereocenters. The standard InChI is InChI=1S/C23H17BrF3N3O2/c1-12-8-13(2)10-15(9-12)30-19-11-14(23(25,26)27)6-7-16(19)20(22(30)32)29-28-18-5-3-4-17(24)21(18)31/h3-11,31-32H,1-2H3. The summed E-state index contributed by atoms with van der Waals surface area (Å²) in [7, 11) is 0. The van der Waals surface area contributed by atoms with Crippen LogP contribution in [0.15, 0.2) is 69.3 Å². The number of hydrogen-bond donors (Lipinski definition) is 2. The first kappa shape index (κ1) is 21.9. The third-order valence-electron chi connectivity index (χ3n) is 4.93. The van der Waals surface area contributed by atoms with Crippen LogP contribution in [-0.4, -0.2) is 14.8 Å². The third-order valence-corrected chi connectivity index (χ3v) is 5.57. The topological polar surface area (TPSA) is 70.1 Å². The average molecular weight is 504 g/mol. The van der Waals surface area contributed by atoms with Crippen molar-refractivity contribution in [2.45, 2.75) is 20.0 Å². The van der Waals surface area contributed by atoms with Gasteiger partial charge in [0.25, 0.3) is 0 Å². The van der Waals surface area contributed by atoms with Gasteiger partial charge < -0.3 is 10.2 Å². The van der Waals surface area contributed by atoms with Crippen molar-refractivity contribution in [3.63, 3.8) is 0 Å². The van der Waals surface area contributed by atoms with Crippen molar-refractivity contribution in [1.29, 1.82) is 0 Å². The maximum atomic E-state index is 13.4. The number of para-hydroxylation sites is 1. The summed E-state index contributed by atoms with van der Waals surface area (Å²) in [6.45, 7) is 3.72. The van der Waals surface area contributed by atoms with Gasteiger partial charge in [0.05, 0.1) is 15.6 Å². The van der Waals surface area contributed by atoms with Gasteiger partial charge in [0.2, 0.25) is 5.88 Å². The monoisotopic (exact) mass is 503 g/mol. The molecule has 0 aliphatic heterocycles. The van der Waals surface area contributed by atoms with Crippen molar-refractivity contribution in [2.75, 3.05) is 0 Å². The van der Waals surface area contributed by atoms with E-state index < -0.39 is 11.7 Å². The van der Waals surface area contributed by atoms with Gasteiger partial charge in [-0.05, 0) is 83.4 Å². The van der Waals surface area contributed by atoms with Gasteiger partial charge in [0.1, 0.15) is 5.69 Å². The minimum Gasteiger partial charge on any atom is -0.505 e. The molecule has 4 aromatic rings. The van der Waals surface area contributed by atoms with Crippen molar-refractivity contribution < 1.29 is 23.4 Å². The summed E-state index contributed by atoms with van der Waals surface area (Å²) >= 11 is 3.19. The Balaban J connectivity index is 1.99. The molecule has 9 heteroatoms. The van der Waals surface area contributed by atoms with Crippen molar-refractivity contribution >= 4 is 38.2 Å². The van der Waals surface area contributed by atoms with Crippen molar-refractivity contribution in [3.05, 3.63) is 75.8 Å². The Morgan fingerprint density at radius 3 is 2.25 bits per heavy atom. The number of nitrogens with zero attached hydrogens (tertiary/aromatic N) is 3. The highest BCUT2D eigenvalue weighted by Crippen LogP contribution is 2.44. The van der Waals surface area contributed by atoms with Crippen LogP contribution in [0, 0.1) is 13.8 Å². The Bertz CT molecular complexity index is 1360. The van der Waals surface area contributed by atoms with E-state index in [9.17, 15) is 23.4 Å². The highest BCUT2D eigenvalue weighted by atomic mass is 79.9. The van der Waals surface area contributed by atoms with Crippen LogP contribution in [0.1, 0.15) is 16.7 Å². The van der Waals surface area contributed by atoms with Gasteiger partial charge in [-0.15, -0.1) is 10.2 Å². The Morgan fingerprint density at radius 2 is 1.59 bits per heavy atom. The summed E-state index contributed by atoms with van der Waals surface area (Å²) < 4.78 is 41.9. The number of aromatic nitrogens is 1. The molecule has 0 saturated carbocycles. The molecule has 0 fully saturated rings. The number of phenols is 1. The number of benzene rings is 3. The highest BCUT2D eigenvalue weighted by molar-refractivity contribution is 9.10. The summed E-state index contributed by atoms with van der Waals surface area (Å²) in [4.78, 5) is 0. The van der Waals surface area contributed by atoms with E-state index in [0.29, 0.717) is 10.2 Å². The molecular weight excluding hydrogens is 487 g/mol. The van der Waals surface area contributed by atoms with Gasteiger partial charge in [-0.1, -0.05) is 12.1 Å². The van der Waals surface area contributed by atoms with Crippen LogP contribution < -0.4 is 0 Å². The second-order valence-corrected chi connectivity index (χ2v) is 8.25. The molecule has 0 aliphatic rings. The van der Waals surface area contributed by atoms with E-state index in [2.05, 4.69) is 26.2 Å². The van der Waals surface area contributed by atoms with Crippen LogP contribution in [0.4, 0.5) is 24.5 Å². The van der Waals surface area contributed by atoms with E-state index in [1.165, 1.54) is 16.7 Å². The van der Waals surface area contributed by atoms with E-state index in [0.717, 1.165) is 23.3 Å². The van der Waals surface area contributed by atoms with Crippen LogP contribution in [0.3, 0.4) is 0 Å². The second-order valence-electron chi connectivity index (χ2n) is 7.39. The van der Waals surface area contributed by atoms with Crippen LogP contribution in [0.25, 0.3) is 16.6 Å². The van der Waals surface area contributed by atoms with Crippen molar-refractivity contribution in [3.8, 4) is 17.3 Å². The lowest BCUT2D eigenvalue weighted by molar-refractivity contribution is -0.137. The molecule has 0 spiro atoms. The molecule has 5 nitrogen and oxygen atoms in total. The molecule has 1 heterocycles. The molecule has 2 N–H and O–H groups in total. The van der Waals surface area contributed by atoms with Crippen LogP contribution in [0.5, 0.6) is 11.6 Å². The van der Waals surface area contributed by atoms with Gasteiger partial charge in [-0.25, -0.2) is 0 Å². The number of fused-ring (bicyclic) bond motifs is 1. The molecule has 164 valence electrons. The molecule has 4 rings (SSSR count). The molecule has 0 bridgehead atoms. The van der Waals surface area contributed by atoms with Crippen molar-refractivity contribution in [2.24, 2.45) is 10.2 Å². The first-order chi connectivity index (χ1) is 15.1. The zero-order chi connectivity index (χ0) is 23.2. The van der Waals surface area contributed by atoms with E-state index in [1.807, 2.05) is 19.9 Å². The number of azo groups is 1. The zero-order valence-electron chi connectivity index (χ0n) is 16.9. The summed E-state index contributed by atoms with van der Waals surface area (Å²) in [5.41, 5.74) is 1.68. The SMILES string of the molecule is Cc1cc(C)cc(-n2c(O)c(N=Nc3cccc(Br)c3O)c3ccc(C(F)(F)F)cc32)c1. The maximum absolute atomic E-state index is 13.4. The lowest BCUT2D eigenvalue weighted by Gasteiger charge is -2.11. The van der Waals surface area contributed by atoms with Gasteiger partial charge in [-0.2, -0.15) is 13.2 Å². The third kappa shape index (κ3) is 3.95. The molecule has 0 radical (unpaired) electrons. The van der Waals surface area contributed by atoms with E-state index >= 15 is 0 Å². The number of aromatic hydroxyl groups is 2. The Kier molecular flexibility index (Phi) is 5.46. The Morgan fingerprint density at radius 1 is 0.906 bits per heavy atom. The normalized spacial score (nSPS) is 12.2. The molecule has 3 aromatic carbocycles. The molecule has 0 saturated heterocycles. The minimum absolute atomic E-state index is 0.00717. The van der Waals surface area contributed by atoms with Gasteiger partial charge in [0.15, 0.2) is 11.4 Å². The Hall–Kier alpha value is -3.33. The highest BCUT2D eigenvalue weighted by Gasteiger charge is 2.32. The number of aryl methyl sites for hydroxylation is 2. The predicted molar refractivity (Wildman–Crippen MR) is 119 cm³/mol. The number of halogens is 4. The minimum atomic E-state index is -4.55. The number of rotatable bonds is 3. The predicted octanol–water partition coefficient (Wildman–Crippen LogP) is 7.86. The summed E-state index contributed by atoms with van der Waals surface area (Å²) in [6, 6.07) is 13.4. The molecule has 0 amide bonds. The number of alkyl halides is 3. The van der Waals surface area contributed by atoms with Crippen molar-refractivity contribution in [1.82, 2.24) is 4.57 Å². The fraction of sp³-hybridized carbons (Fsp3) is 0.130. The summed E-state index contributed by atoms with van der Waals surface area (Å²) in [5, 5.41) is 29.5. The molecular formula is C23H17BrF3N3O2.